The molecule has 0 aromatic heterocycles. The Bertz CT molecular complexity index is 314. The van der Waals surface area contributed by atoms with Crippen LogP contribution in [-0.4, -0.2) is 46.5 Å². The first-order valence-corrected chi connectivity index (χ1v) is 9.09. The van der Waals surface area contributed by atoms with E-state index < -0.39 is 10.0 Å². The molecule has 1 fully saturated rings. The number of ether oxygens (including phenoxy) is 1. The maximum Gasteiger partial charge on any atom is 0.211 e. The van der Waals surface area contributed by atoms with Gasteiger partial charge in [-0.25, -0.2) is 13.1 Å². The fourth-order valence-electron chi connectivity index (χ4n) is 2.17. The van der Waals surface area contributed by atoms with Crippen molar-refractivity contribution in [3.8, 4) is 0 Å². The van der Waals surface area contributed by atoms with Gasteiger partial charge in [-0.05, 0) is 51.6 Å². The molecule has 0 saturated carbocycles. The summed E-state index contributed by atoms with van der Waals surface area (Å²) in [6.07, 6.45) is 6.15. The molecule has 0 spiro atoms. The van der Waals surface area contributed by atoms with Crippen molar-refractivity contribution < 1.29 is 13.2 Å². The highest BCUT2D eigenvalue weighted by Gasteiger charge is 2.15. The molecule has 1 rings (SSSR count). The van der Waals surface area contributed by atoms with Crippen LogP contribution in [0.1, 0.15) is 45.4 Å². The molecule has 5 nitrogen and oxygen atoms in total. The summed E-state index contributed by atoms with van der Waals surface area (Å²) in [6, 6.07) is 0. The predicted molar refractivity (Wildman–Crippen MR) is 77.8 cm³/mol. The molecule has 1 atom stereocenters. The second-order valence-electron chi connectivity index (χ2n) is 5.09. The molecule has 1 unspecified atom stereocenters. The van der Waals surface area contributed by atoms with E-state index in [9.17, 15) is 8.42 Å². The Kier molecular flexibility index (Phi) is 8.61. The van der Waals surface area contributed by atoms with Crippen molar-refractivity contribution in [3.63, 3.8) is 0 Å². The fraction of sp³-hybridized carbons (Fsp3) is 1.00. The summed E-state index contributed by atoms with van der Waals surface area (Å²) in [5.41, 5.74) is 0. The zero-order valence-corrected chi connectivity index (χ0v) is 12.8. The molecular weight excluding hydrogens is 264 g/mol. The van der Waals surface area contributed by atoms with Crippen LogP contribution in [0.25, 0.3) is 0 Å². The maximum absolute atomic E-state index is 11.7. The van der Waals surface area contributed by atoms with Gasteiger partial charge in [0, 0.05) is 13.2 Å². The Morgan fingerprint density at radius 2 is 2.05 bits per heavy atom. The van der Waals surface area contributed by atoms with Gasteiger partial charge >= 0.3 is 0 Å². The highest BCUT2D eigenvalue weighted by molar-refractivity contribution is 7.89. The summed E-state index contributed by atoms with van der Waals surface area (Å²) in [5, 5.41) is 3.20. The third-order valence-corrected chi connectivity index (χ3v) is 4.73. The molecule has 1 aliphatic heterocycles. The van der Waals surface area contributed by atoms with E-state index in [1.165, 1.54) is 6.42 Å². The van der Waals surface area contributed by atoms with Crippen LogP contribution in [0.15, 0.2) is 0 Å². The summed E-state index contributed by atoms with van der Waals surface area (Å²) in [5.74, 6) is 0.204. The molecule has 0 aliphatic carbocycles. The maximum atomic E-state index is 11.7. The van der Waals surface area contributed by atoms with E-state index >= 15 is 0 Å². The van der Waals surface area contributed by atoms with Crippen molar-refractivity contribution in [2.24, 2.45) is 0 Å². The van der Waals surface area contributed by atoms with E-state index in [2.05, 4.69) is 17.0 Å². The minimum atomic E-state index is -3.12. The minimum Gasteiger partial charge on any atom is -0.378 e. The first kappa shape index (κ1) is 16.9. The van der Waals surface area contributed by atoms with Crippen molar-refractivity contribution in [1.29, 1.82) is 0 Å². The molecule has 1 heterocycles. The zero-order valence-electron chi connectivity index (χ0n) is 12.0. The van der Waals surface area contributed by atoms with Crippen LogP contribution in [0.4, 0.5) is 0 Å². The van der Waals surface area contributed by atoms with Crippen molar-refractivity contribution in [2.75, 3.05) is 32.0 Å². The Morgan fingerprint density at radius 1 is 1.21 bits per heavy atom. The molecule has 114 valence electrons. The van der Waals surface area contributed by atoms with E-state index in [1.54, 1.807) is 0 Å². The zero-order chi connectivity index (χ0) is 14.0. The van der Waals surface area contributed by atoms with Gasteiger partial charge in [-0.2, -0.15) is 0 Å². The van der Waals surface area contributed by atoms with Gasteiger partial charge in [0.1, 0.15) is 0 Å². The lowest BCUT2D eigenvalue weighted by atomic mass is 10.1. The monoisotopic (exact) mass is 292 g/mol. The number of hydrogen-bond acceptors (Lipinski definition) is 4. The van der Waals surface area contributed by atoms with Crippen LogP contribution >= 0.6 is 0 Å². The van der Waals surface area contributed by atoms with E-state index in [1.807, 2.05) is 0 Å². The molecule has 0 radical (unpaired) electrons. The van der Waals surface area contributed by atoms with E-state index in [-0.39, 0.29) is 11.9 Å². The SMILES string of the molecule is CCCNCCCS(=O)(=O)NCCC1CCCCO1. The molecule has 6 heteroatoms. The molecule has 1 aliphatic rings. The average molecular weight is 292 g/mol. The normalized spacial score (nSPS) is 20.6. The summed E-state index contributed by atoms with van der Waals surface area (Å²) >= 11 is 0. The quantitative estimate of drug-likeness (QED) is 0.595. The van der Waals surface area contributed by atoms with Crippen LogP contribution in [0.3, 0.4) is 0 Å². The topological polar surface area (TPSA) is 67.4 Å². The van der Waals surface area contributed by atoms with Gasteiger partial charge in [0.05, 0.1) is 11.9 Å². The van der Waals surface area contributed by atoms with Crippen LogP contribution in [-0.2, 0) is 14.8 Å². The van der Waals surface area contributed by atoms with Crippen LogP contribution < -0.4 is 10.0 Å². The van der Waals surface area contributed by atoms with Gasteiger partial charge in [-0.1, -0.05) is 6.92 Å². The molecule has 19 heavy (non-hydrogen) atoms. The van der Waals surface area contributed by atoms with Gasteiger partial charge in [0.25, 0.3) is 0 Å². The molecular formula is C13H28N2O3S. The average Bonchev–Trinajstić information content (AvgIpc) is 2.39. The summed E-state index contributed by atoms with van der Waals surface area (Å²) in [6.45, 7) is 5.13. The Labute approximate surface area is 117 Å². The smallest absolute Gasteiger partial charge is 0.211 e. The minimum absolute atomic E-state index is 0.204. The second kappa shape index (κ2) is 9.69. The van der Waals surface area contributed by atoms with Gasteiger partial charge in [0.15, 0.2) is 0 Å². The van der Waals surface area contributed by atoms with E-state index in [0.717, 1.165) is 45.4 Å². The molecule has 2 N–H and O–H groups in total. The Morgan fingerprint density at radius 3 is 2.74 bits per heavy atom. The fourth-order valence-corrected chi connectivity index (χ4v) is 3.27. The van der Waals surface area contributed by atoms with Crippen molar-refractivity contribution in [2.45, 2.75) is 51.6 Å². The van der Waals surface area contributed by atoms with E-state index in [4.69, 9.17) is 4.74 Å². The summed E-state index contributed by atoms with van der Waals surface area (Å²) in [7, 11) is -3.12. The third kappa shape index (κ3) is 8.57. The van der Waals surface area contributed by atoms with Gasteiger partial charge in [0.2, 0.25) is 10.0 Å². The van der Waals surface area contributed by atoms with Gasteiger partial charge in [-0.3, -0.25) is 0 Å². The molecule has 1 saturated heterocycles. The van der Waals surface area contributed by atoms with Crippen molar-refractivity contribution in [3.05, 3.63) is 0 Å². The summed E-state index contributed by atoms with van der Waals surface area (Å²) < 4.78 is 31.7. The number of sulfonamides is 1. The first-order chi connectivity index (χ1) is 9.14. The standard InChI is InChI=1S/C13H28N2O3S/c1-2-8-14-9-5-12-19(16,17)15-10-7-13-6-3-4-11-18-13/h13-15H,2-12H2,1H3. The molecule has 0 amide bonds. The number of hydrogen-bond donors (Lipinski definition) is 2. The first-order valence-electron chi connectivity index (χ1n) is 7.43. The highest BCUT2D eigenvalue weighted by Crippen LogP contribution is 2.14. The second-order valence-corrected chi connectivity index (χ2v) is 7.02. The predicted octanol–water partition coefficient (Wildman–Crippen LogP) is 1.25. The molecule has 0 aromatic carbocycles. The van der Waals surface area contributed by atoms with Crippen molar-refractivity contribution >= 4 is 10.0 Å². The molecule has 0 bridgehead atoms. The van der Waals surface area contributed by atoms with Gasteiger partial charge in [-0.15, -0.1) is 0 Å². The number of rotatable bonds is 10. The summed E-state index contributed by atoms with van der Waals surface area (Å²) in [4.78, 5) is 0. The van der Waals surface area contributed by atoms with Gasteiger partial charge < -0.3 is 10.1 Å². The lowest BCUT2D eigenvalue weighted by Crippen LogP contribution is -2.32. The Hall–Kier alpha value is -0.170. The van der Waals surface area contributed by atoms with E-state index in [0.29, 0.717) is 13.0 Å². The largest absolute Gasteiger partial charge is 0.378 e. The number of nitrogens with one attached hydrogen (secondary N) is 2. The lowest BCUT2D eigenvalue weighted by Gasteiger charge is -2.22. The molecule has 0 aromatic rings. The van der Waals surface area contributed by atoms with Crippen LogP contribution in [0, 0.1) is 0 Å². The third-order valence-electron chi connectivity index (χ3n) is 3.26. The van der Waals surface area contributed by atoms with Crippen molar-refractivity contribution in [1.82, 2.24) is 10.0 Å². The van der Waals surface area contributed by atoms with Crippen LogP contribution in [0.5, 0.6) is 0 Å². The Balaban J connectivity index is 2.05. The van der Waals surface area contributed by atoms with Crippen LogP contribution in [0.2, 0.25) is 0 Å². The highest BCUT2D eigenvalue weighted by atomic mass is 32.2. The lowest BCUT2D eigenvalue weighted by molar-refractivity contribution is 0.0123.